The second-order valence-corrected chi connectivity index (χ2v) is 5.06. The van der Waals surface area contributed by atoms with E-state index in [2.05, 4.69) is 5.32 Å². The molecule has 2 rings (SSSR count). The number of hydrogen-bond donors (Lipinski definition) is 2. The Kier molecular flexibility index (Phi) is 5.98. The van der Waals surface area contributed by atoms with Gasteiger partial charge in [-0.3, -0.25) is 4.79 Å². The van der Waals surface area contributed by atoms with Crippen molar-refractivity contribution >= 4 is 11.6 Å². The molecule has 0 aromatic heterocycles. The Morgan fingerprint density at radius 1 is 0.952 bits per heavy atom. The number of benzene rings is 2. The van der Waals surface area contributed by atoms with Crippen LogP contribution in [0, 0.1) is 0 Å². The molecule has 0 atom stereocenters. The van der Waals surface area contributed by atoms with Crippen LogP contribution in [0.2, 0.25) is 0 Å². The van der Waals surface area contributed by atoms with Crippen LogP contribution in [0.25, 0.3) is 0 Å². The molecule has 0 heterocycles. The number of aryl methyl sites for hydroxylation is 2. The minimum Gasteiger partial charge on any atom is -0.396 e. The second-order valence-electron chi connectivity index (χ2n) is 5.06. The lowest BCUT2D eigenvalue weighted by Gasteiger charge is -2.07. The van der Waals surface area contributed by atoms with Gasteiger partial charge in [0, 0.05) is 18.7 Å². The number of carbonyl (C=O) groups is 1. The van der Waals surface area contributed by atoms with Crippen LogP contribution in [0.1, 0.15) is 24.0 Å². The van der Waals surface area contributed by atoms with Gasteiger partial charge in [0.05, 0.1) is 0 Å². The highest BCUT2D eigenvalue weighted by Crippen LogP contribution is 2.13. The Bertz CT molecular complexity index is 566. The summed E-state index contributed by atoms with van der Waals surface area (Å²) in [5.74, 6) is 0.0261. The maximum atomic E-state index is 12.0. The van der Waals surface area contributed by atoms with Gasteiger partial charge < -0.3 is 10.4 Å². The third kappa shape index (κ3) is 5.40. The Morgan fingerprint density at radius 2 is 1.71 bits per heavy atom. The van der Waals surface area contributed by atoms with Crippen LogP contribution >= 0.6 is 0 Å². The van der Waals surface area contributed by atoms with Crippen molar-refractivity contribution in [3.63, 3.8) is 0 Å². The molecule has 0 spiro atoms. The molecule has 2 aromatic rings. The quantitative estimate of drug-likeness (QED) is 0.820. The molecule has 2 N–H and O–H groups in total. The lowest BCUT2D eigenvalue weighted by molar-refractivity contribution is -0.116. The van der Waals surface area contributed by atoms with Gasteiger partial charge in [-0.15, -0.1) is 0 Å². The van der Waals surface area contributed by atoms with E-state index in [4.69, 9.17) is 5.11 Å². The second kappa shape index (κ2) is 8.22. The van der Waals surface area contributed by atoms with Crippen LogP contribution in [0.4, 0.5) is 5.69 Å². The van der Waals surface area contributed by atoms with Crippen molar-refractivity contribution in [3.8, 4) is 0 Å². The third-order valence-electron chi connectivity index (χ3n) is 3.32. The third-order valence-corrected chi connectivity index (χ3v) is 3.32. The molecule has 21 heavy (non-hydrogen) atoms. The van der Waals surface area contributed by atoms with Crippen molar-refractivity contribution in [1.29, 1.82) is 0 Å². The van der Waals surface area contributed by atoms with Gasteiger partial charge in [0.25, 0.3) is 0 Å². The van der Waals surface area contributed by atoms with Crippen LogP contribution < -0.4 is 5.32 Å². The number of amides is 1. The minimum absolute atomic E-state index is 0.0261. The minimum atomic E-state index is 0.0261. The van der Waals surface area contributed by atoms with E-state index in [-0.39, 0.29) is 12.5 Å². The van der Waals surface area contributed by atoms with Crippen LogP contribution in [0.15, 0.2) is 54.6 Å². The summed E-state index contributed by atoms with van der Waals surface area (Å²) in [6, 6.07) is 17.8. The first kappa shape index (κ1) is 15.3. The predicted molar refractivity (Wildman–Crippen MR) is 85.2 cm³/mol. The summed E-state index contributed by atoms with van der Waals surface area (Å²) in [5, 5.41) is 11.8. The lowest BCUT2D eigenvalue weighted by atomic mass is 10.1. The Hall–Kier alpha value is -2.13. The van der Waals surface area contributed by atoms with Gasteiger partial charge in [0.2, 0.25) is 5.91 Å². The van der Waals surface area contributed by atoms with E-state index in [0.717, 1.165) is 30.5 Å². The van der Waals surface area contributed by atoms with Crippen molar-refractivity contribution in [2.24, 2.45) is 0 Å². The predicted octanol–water partition coefficient (Wildman–Crippen LogP) is 3.18. The molecular formula is C18H21NO2. The van der Waals surface area contributed by atoms with E-state index in [0.29, 0.717) is 6.42 Å². The first-order valence-electron chi connectivity index (χ1n) is 7.31. The molecule has 3 nitrogen and oxygen atoms in total. The van der Waals surface area contributed by atoms with Gasteiger partial charge in [0.1, 0.15) is 0 Å². The SMILES string of the molecule is O=C(CCc1ccccc1)Nc1cccc(CCCO)c1. The smallest absolute Gasteiger partial charge is 0.224 e. The number of carbonyl (C=O) groups excluding carboxylic acids is 1. The summed E-state index contributed by atoms with van der Waals surface area (Å²) in [5.41, 5.74) is 3.12. The molecule has 0 fully saturated rings. The van der Waals surface area contributed by atoms with E-state index >= 15 is 0 Å². The number of rotatable bonds is 7. The van der Waals surface area contributed by atoms with Crippen molar-refractivity contribution in [1.82, 2.24) is 0 Å². The van der Waals surface area contributed by atoms with E-state index in [9.17, 15) is 4.79 Å². The summed E-state index contributed by atoms with van der Waals surface area (Å²) in [6.07, 6.45) is 2.79. The van der Waals surface area contributed by atoms with E-state index in [1.807, 2.05) is 54.6 Å². The summed E-state index contributed by atoms with van der Waals surface area (Å²) >= 11 is 0. The zero-order valence-corrected chi connectivity index (χ0v) is 12.1. The molecule has 1 amide bonds. The molecule has 0 saturated carbocycles. The number of anilines is 1. The molecule has 0 radical (unpaired) electrons. The highest BCUT2D eigenvalue weighted by molar-refractivity contribution is 5.90. The summed E-state index contributed by atoms with van der Waals surface area (Å²) in [4.78, 5) is 12.0. The van der Waals surface area contributed by atoms with Gasteiger partial charge in [0.15, 0.2) is 0 Å². The van der Waals surface area contributed by atoms with E-state index in [1.165, 1.54) is 5.56 Å². The van der Waals surface area contributed by atoms with Gasteiger partial charge in [-0.05, 0) is 42.5 Å². The number of aliphatic hydroxyl groups excluding tert-OH is 1. The highest BCUT2D eigenvalue weighted by atomic mass is 16.2. The first-order valence-corrected chi connectivity index (χ1v) is 7.31. The zero-order valence-electron chi connectivity index (χ0n) is 12.1. The summed E-state index contributed by atoms with van der Waals surface area (Å²) in [6.45, 7) is 0.188. The van der Waals surface area contributed by atoms with Gasteiger partial charge in [-0.25, -0.2) is 0 Å². The molecule has 0 unspecified atom stereocenters. The maximum Gasteiger partial charge on any atom is 0.224 e. The molecule has 0 aliphatic rings. The fourth-order valence-corrected chi connectivity index (χ4v) is 2.21. The fourth-order valence-electron chi connectivity index (χ4n) is 2.21. The van der Waals surface area contributed by atoms with Crippen LogP contribution in [-0.2, 0) is 17.6 Å². The molecule has 0 aliphatic carbocycles. The average molecular weight is 283 g/mol. The van der Waals surface area contributed by atoms with Crippen LogP contribution in [-0.4, -0.2) is 17.6 Å². The largest absolute Gasteiger partial charge is 0.396 e. The Labute approximate surface area is 125 Å². The fraction of sp³-hybridized carbons (Fsp3) is 0.278. The number of hydrogen-bond acceptors (Lipinski definition) is 2. The monoisotopic (exact) mass is 283 g/mol. The Balaban J connectivity index is 1.84. The number of nitrogens with one attached hydrogen (secondary N) is 1. The first-order chi connectivity index (χ1) is 10.3. The van der Waals surface area contributed by atoms with Crippen LogP contribution in [0.5, 0.6) is 0 Å². The summed E-state index contributed by atoms with van der Waals surface area (Å²) in [7, 11) is 0. The highest BCUT2D eigenvalue weighted by Gasteiger charge is 2.04. The molecule has 3 heteroatoms. The van der Waals surface area contributed by atoms with Crippen molar-refractivity contribution < 1.29 is 9.90 Å². The molecule has 110 valence electrons. The van der Waals surface area contributed by atoms with Crippen molar-refractivity contribution in [3.05, 3.63) is 65.7 Å². The Morgan fingerprint density at radius 3 is 2.48 bits per heavy atom. The molecule has 0 saturated heterocycles. The van der Waals surface area contributed by atoms with E-state index in [1.54, 1.807) is 0 Å². The molecule has 0 aliphatic heterocycles. The van der Waals surface area contributed by atoms with Gasteiger partial charge in [-0.2, -0.15) is 0 Å². The standard InChI is InChI=1S/C18H21NO2/c20-13-5-9-16-8-4-10-17(14-16)19-18(21)12-11-15-6-2-1-3-7-15/h1-4,6-8,10,14,20H,5,9,11-13H2,(H,19,21). The maximum absolute atomic E-state index is 12.0. The van der Waals surface area contributed by atoms with Gasteiger partial charge in [-0.1, -0.05) is 42.5 Å². The normalized spacial score (nSPS) is 10.3. The average Bonchev–Trinajstić information content (AvgIpc) is 2.52. The molecule has 2 aromatic carbocycles. The van der Waals surface area contributed by atoms with E-state index < -0.39 is 0 Å². The van der Waals surface area contributed by atoms with Gasteiger partial charge >= 0.3 is 0 Å². The van der Waals surface area contributed by atoms with Crippen molar-refractivity contribution in [2.45, 2.75) is 25.7 Å². The molecular weight excluding hydrogens is 262 g/mol. The topological polar surface area (TPSA) is 49.3 Å². The molecule has 0 bridgehead atoms. The number of aliphatic hydroxyl groups is 1. The van der Waals surface area contributed by atoms with Crippen LogP contribution in [0.3, 0.4) is 0 Å². The summed E-state index contributed by atoms with van der Waals surface area (Å²) < 4.78 is 0. The zero-order chi connectivity index (χ0) is 14.9. The lowest BCUT2D eigenvalue weighted by Crippen LogP contribution is -2.12. The van der Waals surface area contributed by atoms with Crippen molar-refractivity contribution in [2.75, 3.05) is 11.9 Å².